The average Bonchev–Trinajstić information content (AvgIpc) is 3.15. The molecule has 2 heterocycles. The van der Waals surface area contributed by atoms with Gasteiger partial charge in [-0.1, -0.05) is 6.07 Å². The van der Waals surface area contributed by atoms with E-state index in [4.69, 9.17) is 0 Å². The molecule has 2 aromatic rings. The zero-order valence-corrected chi connectivity index (χ0v) is 15.8. The molecule has 1 amide bonds. The zero-order valence-electron chi connectivity index (χ0n) is 15.0. The predicted octanol–water partition coefficient (Wildman–Crippen LogP) is 2.78. The summed E-state index contributed by atoms with van der Waals surface area (Å²) in [5.41, 5.74) is 2.15. The molecule has 4 nitrogen and oxygen atoms in total. The van der Waals surface area contributed by atoms with Crippen LogP contribution in [0.25, 0.3) is 0 Å². The van der Waals surface area contributed by atoms with Crippen LogP contribution in [0, 0.1) is 0 Å². The van der Waals surface area contributed by atoms with Crippen LogP contribution in [0.2, 0.25) is 0 Å². The molecule has 0 radical (unpaired) electrons. The Morgan fingerprint density at radius 3 is 2.56 bits per heavy atom. The molecule has 0 aliphatic carbocycles. The van der Waals surface area contributed by atoms with Gasteiger partial charge in [-0.05, 0) is 61.9 Å². The van der Waals surface area contributed by atoms with Crippen molar-refractivity contribution in [2.75, 3.05) is 36.4 Å². The molecule has 1 saturated heterocycles. The summed E-state index contributed by atoms with van der Waals surface area (Å²) in [7, 11) is 0. The topological polar surface area (TPSA) is 36.8 Å². The number of nitrogens with one attached hydrogen (secondary N) is 2. The van der Waals surface area contributed by atoms with Gasteiger partial charge < -0.3 is 15.1 Å². The monoisotopic (exact) mass is 358 g/mol. The van der Waals surface area contributed by atoms with Crippen molar-refractivity contribution in [3.05, 3.63) is 46.7 Å². The number of anilines is 2. The fourth-order valence-corrected chi connectivity index (χ4v) is 4.09. The molecule has 25 heavy (non-hydrogen) atoms. The second-order valence-electron chi connectivity index (χ2n) is 6.68. The molecular weight excluding hydrogens is 330 g/mol. The van der Waals surface area contributed by atoms with E-state index >= 15 is 0 Å². The van der Waals surface area contributed by atoms with Gasteiger partial charge in [0.05, 0.1) is 11.4 Å². The third-order valence-corrected chi connectivity index (χ3v) is 5.66. The second kappa shape index (κ2) is 9.02. The molecule has 1 aromatic heterocycles. The molecule has 1 fully saturated rings. The van der Waals surface area contributed by atoms with Gasteiger partial charge in [-0.25, -0.2) is 0 Å². The summed E-state index contributed by atoms with van der Waals surface area (Å²) >= 11 is 1.76. The van der Waals surface area contributed by atoms with Crippen molar-refractivity contribution in [3.8, 4) is 0 Å². The van der Waals surface area contributed by atoms with Crippen LogP contribution in [0.3, 0.4) is 0 Å². The number of hydrogen-bond acceptors (Lipinski definition) is 3. The standard InChI is InChI=1S/C20H27N3OS/c1-2-22(15-19-7-6-14-25-19)16-20(24)21-17-8-10-18(11-9-17)23-12-4-3-5-13-23/h6-11,14H,2-5,12-13,15-16H2,1H3,(H,21,24)/p+1. The number of hydrogen-bond donors (Lipinski definition) is 2. The van der Waals surface area contributed by atoms with Gasteiger partial charge in [-0.15, -0.1) is 11.3 Å². The van der Waals surface area contributed by atoms with E-state index in [2.05, 4.69) is 46.8 Å². The quantitative estimate of drug-likeness (QED) is 0.799. The minimum atomic E-state index is 0.0825. The molecular formula is C20H28N3OS+. The molecule has 1 atom stereocenters. The van der Waals surface area contributed by atoms with Crippen molar-refractivity contribution in [3.63, 3.8) is 0 Å². The molecule has 1 aromatic carbocycles. The Morgan fingerprint density at radius 2 is 1.92 bits per heavy atom. The maximum absolute atomic E-state index is 12.4. The number of quaternary nitrogens is 1. The number of piperidine rings is 1. The highest BCUT2D eigenvalue weighted by molar-refractivity contribution is 7.09. The van der Waals surface area contributed by atoms with Crippen molar-refractivity contribution in [2.24, 2.45) is 0 Å². The first-order chi connectivity index (χ1) is 12.2. The number of nitrogens with zero attached hydrogens (tertiary/aromatic N) is 1. The van der Waals surface area contributed by atoms with Gasteiger partial charge in [-0.3, -0.25) is 4.79 Å². The Labute approximate surface area is 154 Å². The number of carbonyl (C=O) groups is 1. The summed E-state index contributed by atoms with van der Waals surface area (Å²) in [4.78, 5) is 17.4. The second-order valence-corrected chi connectivity index (χ2v) is 7.71. The van der Waals surface area contributed by atoms with Gasteiger partial charge in [0.1, 0.15) is 6.54 Å². The van der Waals surface area contributed by atoms with E-state index in [1.54, 1.807) is 11.3 Å². The van der Waals surface area contributed by atoms with Gasteiger partial charge in [0, 0.05) is 24.5 Å². The van der Waals surface area contributed by atoms with Crippen LogP contribution >= 0.6 is 11.3 Å². The van der Waals surface area contributed by atoms with Crippen LogP contribution in [-0.2, 0) is 11.3 Å². The molecule has 0 bridgehead atoms. The van der Waals surface area contributed by atoms with E-state index in [-0.39, 0.29) is 5.91 Å². The van der Waals surface area contributed by atoms with E-state index in [1.165, 1.54) is 34.7 Å². The minimum Gasteiger partial charge on any atom is -0.372 e. The van der Waals surface area contributed by atoms with Gasteiger partial charge >= 0.3 is 0 Å². The molecule has 1 unspecified atom stereocenters. The molecule has 0 spiro atoms. The molecule has 134 valence electrons. The van der Waals surface area contributed by atoms with Gasteiger partial charge in [0.2, 0.25) is 0 Å². The average molecular weight is 359 g/mol. The first-order valence-electron chi connectivity index (χ1n) is 9.25. The first kappa shape index (κ1) is 18.0. The van der Waals surface area contributed by atoms with Crippen molar-refractivity contribution in [1.82, 2.24) is 0 Å². The number of rotatable bonds is 7. The van der Waals surface area contributed by atoms with Crippen LogP contribution in [0.15, 0.2) is 41.8 Å². The van der Waals surface area contributed by atoms with E-state index in [0.29, 0.717) is 6.54 Å². The molecule has 1 aliphatic rings. The highest BCUT2D eigenvalue weighted by atomic mass is 32.1. The van der Waals surface area contributed by atoms with Crippen LogP contribution < -0.4 is 15.1 Å². The van der Waals surface area contributed by atoms with E-state index in [1.807, 2.05) is 12.1 Å². The molecule has 2 N–H and O–H groups in total. The SMILES string of the molecule is CC[NH+](CC(=O)Nc1ccc(N2CCCCC2)cc1)Cc1cccs1. The third-order valence-electron chi connectivity index (χ3n) is 4.79. The van der Waals surface area contributed by atoms with Crippen LogP contribution in [0.5, 0.6) is 0 Å². The van der Waals surface area contributed by atoms with Gasteiger partial charge in [0.25, 0.3) is 5.91 Å². The normalized spacial score (nSPS) is 15.8. The summed E-state index contributed by atoms with van der Waals surface area (Å²) in [6.07, 6.45) is 3.89. The Kier molecular flexibility index (Phi) is 6.48. The lowest BCUT2D eigenvalue weighted by molar-refractivity contribution is -0.903. The number of carbonyl (C=O) groups excluding carboxylic acids is 1. The van der Waals surface area contributed by atoms with E-state index in [9.17, 15) is 4.79 Å². The summed E-state index contributed by atoms with van der Waals surface area (Å²) in [6, 6.07) is 12.5. The maximum Gasteiger partial charge on any atom is 0.279 e. The summed E-state index contributed by atoms with van der Waals surface area (Å²) in [5.74, 6) is 0.0825. The smallest absolute Gasteiger partial charge is 0.279 e. The van der Waals surface area contributed by atoms with E-state index < -0.39 is 0 Å². The number of likely N-dealkylation sites (N-methyl/N-ethyl adjacent to an activating group) is 1. The van der Waals surface area contributed by atoms with Gasteiger partial charge in [0.15, 0.2) is 6.54 Å². The maximum atomic E-state index is 12.4. The highest BCUT2D eigenvalue weighted by Crippen LogP contribution is 2.21. The Morgan fingerprint density at radius 1 is 1.16 bits per heavy atom. The molecule has 0 saturated carbocycles. The Bertz CT molecular complexity index is 648. The lowest BCUT2D eigenvalue weighted by atomic mass is 10.1. The molecule has 1 aliphatic heterocycles. The van der Waals surface area contributed by atoms with Crippen molar-refractivity contribution in [2.45, 2.75) is 32.7 Å². The highest BCUT2D eigenvalue weighted by Gasteiger charge is 2.15. The minimum absolute atomic E-state index is 0.0825. The summed E-state index contributed by atoms with van der Waals surface area (Å²) in [6.45, 7) is 6.77. The van der Waals surface area contributed by atoms with Crippen LogP contribution in [0.4, 0.5) is 11.4 Å². The summed E-state index contributed by atoms with van der Waals surface area (Å²) in [5, 5.41) is 5.13. The largest absolute Gasteiger partial charge is 0.372 e. The number of thiophene rings is 1. The predicted molar refractivity (Wildman–Crippen MR) is 106 cm³/mol. The molecule has 3 rings (SSSR count). The van der Waals surface area contributed by atoms with Crippen molar-refractivity contribution in [1.29, 1.82) is 0 Å². The number of amides is 1. The van der Waals surface area contributed by atoms with Gasteiger partial charge in [-0.2, -0.15) is 0 Å². The zero-order chi connectivity index (χ0) is 17.5. The Hall–Kier alpha value is -1.85. The fraction of sp³-hybridized carbons (Fsp3) is 0.450. The summed E-state index contributed by atoms with van der Waals surface area (Å²) < 4.78 is 0. The van der Waals surface area contributed by atoms with Crippen molar-refractivity contribution >= 4 is 28.6 Å². The third kappa shape index (κ3) is 5.31. The fourth-order valence-electron chi connectivity index (χ4n) is 3.31. The van der Waals surface area contributed by atoms with Crippen molar-refractivity contribution < 1.29 is 9.69 Å². The van der Waals surface area contributed by atoms with Crippen LogP contribution in [0.1, 0.15) is 31.1 Å². The number of benzene rings is 1. The first-order valence-corrected chi connectivity index (χ1v) is 10.1. The van der Waals surface area contributed by atoms with Crippen LogP contribution in [-0.4, -0.2) is 32.1 Å². The lowest BCUT2D eigenvalue weighted by Gasteiger charge is -2.28. The Balaban J connectivity index is 1.51. The van der Waals surface area contributed by atoms with E-state index in [0.717, 1.165) is 31.9 Å². The lowest BCUT2D eigenvalue weighted by Crippen LogP contribution is -3.11. The molecule has 5 heteroatoms.